The lowest BCUT2D eigenvalue weighted by Gasteiger charge is -2.33. The monoisotopic (exact) mass is 798 g/mol. The largest absolute Gasteiger partial charge is 0.481 e. The van der Waals surface area contributed by atoms with Gasteiger partial charge in [0.2, 0.25) is 29.5 Å². The van der Waals surface area contributed by atoms with Gasteiger partial charge in [-0.25, -0.2) is 4.79 Å². The molecule has 16 heteroatoms. The number of hydrogen-bond acceptors (Lipinski definition) is 9. The molecule has 5 amide bonds. The van der Waals surface area contributed by atoms with E-state index in [-0.39, 0.29) is 36.5 Å². The van der Waals surface area contributed by atoms with E-state index in [2.05, 4.69) is 28.2 Å². The standard InChI is InChI=1S/C40H71N5O11/c1-12-14-15-16-17-27(10)56-33(49)22-29(37(51)41-28(21-32(47)48)36(50)43-30(40(54)55)20-24(5)6)42-38(52)34(26(9)13-2)44-39(53)35(25(7)8)45(11)31(46)19-18-23(3)4/h23-30,34-35H,12-22H2,1-11H3,(H,41,51)(H,42,52)(H,43,50)(H,44,53)(H,47,48)(H,54,55)/t26-,27-,28-,29-,30-,34-,35-/m0/s1. The maximum Gasteiger partial charge on any atom is 0.326 e. The van der Waals surface area contributed by atoms with Crippen molar-refractivity contribution in [3.05, 3.63) is 0 Å². The summed E-state index contributed by atoms with van der Waals surface area (Å²) in [5.41, 5.74) is 0. The van der Waals surface area contributed by atoms with Crippen LogP contribution in [0.3, 0.4) is 0 Å². The molecule has 0 saturated carbocycles. The van der Waals surface area contributed by atoms with Crippen molar-refractivity contribution in [3.8, 4) is 0 Å². The van der Waals surface area contributed by atoms with E-state index in [1.165, 1.54) is 11.9 Å². The number of unbranched alkanes of at least 4 members (excludes halogenated alkanes) is 3. The van der Waals surface area contributed by atoms with Crippen molar-refractivity contribution in [3.63, 3.8) is 0 Å². The number of amides is 5. The van der Waals surface area contributed by atoms with Crippen LogP contribution in [0.25, 0.3) is 0 Å². The van der Waals surface area contributed by atoms with Crippen molar-refractivity contribution in [2.75, 3.05) is 7.05 Å². The van der Waals surface area contributed by atoms with E-state index >= 15 is 0 Å². The molecule has 16 nitrogen and oxygen atoms in total. The summed E-state index contributed by atoms with van der Waals surface area (Å²) in [6.45, 7) is 18.3. The molecule has 322 valence electrons. The summed E-state index contributed by atoms with van der Waals surface area (Å²) >= 11 is 0. The fraction of sp³-hybridized carbons (Fsp3) is 0.800. The molecule has 0 aliphatic heterocycles. The molecule has 0 fully saturated rings. The minimum atomic E-state index is -1.78. The highest BCUT2D eigenvalue weighted by atomic mass is 16.5. The Kier molecular flexibility index (Phi) is 24.6. The minimum absolute atomic E-state index is 0.0260. The van der Waals surface area contributed by atoms with Crippen LogP contribution in [0.2, 0.25) is 0 Å². The third-order valence-electron chi connectivity index (χ3n) is 9.57. The fourth-order valence-electron chi connectivity index (χ4n) is 6.06. The Labute approximate surface area is 333 Å². The molecule has 0 aromatic carbocycles. The second-order valence-corrected chi connectivity index (χ2v) is 16.1. The Hall–Kier alpha value is -4.24. The van der Waals surface area contributed by atoms with Gasteiger partial charge in [-0.3, -0.25) is 33.6 Å². The zero-order chi connectivity index (χ0) is 43.3. The van der Waals surface area contributed by atoms with Crippen molar-refractivity contribution < 1.29 is 53.3 Å². The lowest BCUT2D eigenvalue weighted by Crippen LogP contribution is -2.61. The number of esters is 1. The van der Waals surface area contributed by atoms with Gasteiger partial charge in [-0.15, -0.1) is 0 Å². The summed E-state index contributed by atoms with van der Waals surface area (Å²) in [6, 6.07) is -7.01. The molecule has 0 aromatic rings. The van der Waals surface area contributed by atoms with E-state index < -0.39 is 96.6 Å². The molecule has 0 radical (unpaired) electrons. The number of rotatable bonds is 28. The van der Waals surface area contributed by atoms with E-state index in [9.17, 15) is 48.6 Å². The van der Waals surface area contributed by atoms with Gasteiger partial charge in [0.25, 0.3) is 0 Å². The van der Waals surface area contributed by atoms with Gasteiger partial charge in [0.05, 0.1) is 18.9 Å². The van der Waals surface area contributed by atoms with Crippen molar-refractivity contribution in [1.82, 2.24) is 26.2 Å². The molecule has 56 heavy (non-hydrogen) atoms. The first-order valence-corrected chi connectivity index (χ1v) is 20.2. The van der Waals surface area contributed by atoms with Crippen LogP contribution >= 0.6 is 0 Å². The minimum Gasteiger partial charge on any atom is -0.481 e. The van der Waals surface area contributed by atoms with E-state index in [1.54, 1.807) is 48.5 Å². The van der Waals surface area contributed by atoms with Crippen LogP contribution in [0.1, 0.15) is 140 Å². The number of likely N-dealkylation sites (N-methyl/N-ethyl adjacent to an activating group) is 1. The molecular weight excluding hydrogens is 726 g/mol. The van der Waals surface area contributed by atoms with Crippen LogP contribution in [0.5, 0.6) is 0 Å². The van der Waals surface area contributed by atoms with Crippen LogP contribution in [-0.2, 0) is 43.1 Å². The number of nitrogens with zero attached hydrogens (tertiary/aromatic N) is 1. The summed E-state index contributed by atoms with van der Waals surface area (Å²) in [7, 11) is 1.53. The second kappa shape index (κ2) is 26.6. The Balaban J connectivity index is 6.59. The summed E-state index contributed by atoms with van der Waals surface area (Å²) in [4.78, 5) is 106. The summed E-state index contributed by atoms with van der Waals surface area (Å²) in [5.74, 6) is -8.24. The molecule has 0 bridgehead atoms. The normalized spacial score (nSPS) is 15.1. The number of carbonyl (C=O) groups is 8. The summed E-state index contributed by atoms with van der Waals surface area (Å²) in [6.07, 6.45) is 3.48. The van der Waals surface area contributed by atoms with E-state index in [1.807, 2.05) is 13.8 Å². The topological polar surface area (TPSA) is 238 Å². The number of carbonyl (C=O) groups excluding carboxylic acids is 6. The van der Waals surface area contributed by atoms with Gasteiger partial charge in [0, 0.05) is 13.5 Å². The number of carboxylic acid groups (broad SMARTS) is 2. The van der Waals surface area contributed by atoms with E-state index in [4.69, 9.17) is 4.74 Å². The zero-order valence-electron chi connectivity index (χ0n) is 35.6. The third kappa shape index (κ3) is 20.1. The van der Waals surface area contributed by atoms with Gasteiger partial charge in [-0.05, 0) is 56.3 Å². The van der Waals surface area contributed by atoms with Crippen LogP contribution in [0, 0.1) is 23.7 Å². The summed E-state index contributed by atoms with van der Waals surface area (Å²) in [5, 5.41) is 29.0. The molecule has 6 N–H and O–H groups in total. The first-order chi connectivity index (χ1) is 26.0. The molecule has 0 saturated heterocycles. The lowest BCUT2D eigenvalue weighted by atomic mass is 9.95. The number of aliphatic carboxylic acids is 2. The molecule has 0 aliphatic carbocycles. The molecule has 0 spiro atoms. The molecule has 7 atom stereocenters. The average Bonchev–Trinajstić information content (AvgIpc) is 3.09. The van der Waals surface area contributed by atoms with Gasteiger partial charge < -0.3 is 41.1 Å². The zero-order valence-corrected chi connectivity index (χ0v) is 35.6. The number of nitrogens with one attached hydrogen (secondary N) is 4. The van der Waals surface area contributed by atoms with Gasteiger partial charge in [-0.1, -0.05) is 88.0 Å². The Morgan fingerprint density at radius 2 is 1.20 bits per heavy atom. The van der Waals surface area contributed by atoms with Crippen molar-refractivity contribution in [1.29, 1.82) is 0 Å². The second-order valence-electron chi connectivity index (χ2n) is 16.1. The van der Waals surface area contributed by atoms with Crippen molar-refractivity contribution >= 4 is 47.4 Å². The van der Waals surface area contributed by atoms with Crippen LogP contribution in [-0.4, -0.2) is 106 Å². The smallest absolute Gasteiger partial charge is 0.326 e. The highest BCUT2D eigenvalue weighted by Crippen LogP contribution is 2.17. The summed E-state index contributed by atoms with van der Waals surface area (Å²) < 4.78 is 5.54. The maximum atomic E-state index is 14.0. The highest BCUT2D eigenvalue weighted by molar-refractivity contribution is 5.98. The fourth-order valence-corrected chi connectivity index (χ4v) is 6.06. The predicted octanol–water partition coefficient (Wildman–Crippen LogP) is 3.79. The van der Waals surface area contributed by atoms with Crippen molar-refractivity contribution in [2.45, 2.75) is 176 Å². The average molecular weight is 798 g/mol. The SMILES string of the molecule is CCCCCC[C@H](C)OC(=O)C[C@H](NC(=O)[C@@H](NC(=O)[C@H](C(C)C)N(C)C(=O)CCC(C)C)[C@@H](C)CC)C(=O)N[C@@H](CC(=O)O)C(=O)N[C@@H](CC(C)C)C(=O)O. The van der Waals surface area contributed by atoms with Gasteiger partial charge in [0.15, 0.2) is 0 Å². The molecule has 0 heterocycles. The first-order valence-electron chi connectivity index (χ1n) is 20.2. The molecular formula is C40H71N5O11. The number of ether oxygens (including phenoxy) is 1. The lowest BCUT2D eigenvalue weighted by molar-refractivity contribution is -0.151. The maximum absolute atomic E-state index is 14.0. The Morgan fingerprint density at radius 3 is 1.68 bits per heavy atom. The quantitative estimate of drug-likeness (QED) is 0.0492. The van der Waals surface area contributed by atoms with Crippen molar-refractivity contribution in [2.24, 2.45) is 23.7 Å². The van der Waals surface area contributed by atoms with E-state index in [0.717, 1.165) is 25.7 Å². The van der Waals surface area contributed by atoms with Gasteiger partial charge in [0.1, 0.15) is 30.2 Å². The molecule has 0 rings (SSSR count). The number of hydrogen-bond donors (Lipinski definition) is 6. The van der Waals surface area contributed by atoms with Crippen LogP contribution in [0.4, 0.5) is 0 Å². The molecule has 0 aromatic heterocycles. The van der Waals surface area contributed by atoms with Crippen LogP contribution in [0.15, 0.2) is 0 Å². The predicted molar refractivity (Wildman–Crippen MR) is 211 cm³/mol. The van der Waals surface area contributed by atoms with E-state index in [0.29, 0.717) is 19.3 Å². The number of carboxylic acids is 2. The first kappa shape index (κ1) is 51.8. The highest BCUT2D eigenvalue weighted by Gasteiger charge is 2.37. The molecule has 0 aliphatic rings. The van der Waals surface area contributed by atoms with Gasteiger partial charge in [-0.2, -0.15) is 0 Å². The molecule has 0 unspecified atom stereocenters. The Morgan fingerprint density at radius 1 is 0.643 bits per heavy atom. The Bertz CT molecular complexity index is 1310. The third-order valence-corrected chi connectivity index (χ3v) is 9.57. The van der Waals surface area contributed by atoms with Gasteiger partial charge >= 0.3 is 17.9 Å². The van der Waals surface area contributed by atoms with Crippen LogP contribution < -0.4 is 21.3 Å².